The van der Waals surface area contributed by atoms with Crippen molar-refractivity contribution in [3.8, 4) is 0 Å². The summed E-state index contributed by atoms with van der Waals surface area (Å²) >= 11 is 0. The van der Waals surface area contributed by atoms with Gasteiger partial charge in [-0.3, -0.25) is 0 Å². The van der Waals surface area contributed by atoms with Gasteiger partial charge in [0, 0.05) is 5.92 Å². The quantitative estimate of drug-likeness (QED) is 0.871. The van der Waals surface area contributed by atoms with Gasteiger partial charge < -0.3 is 5.11 Å². The average Bonchev–Trinajstić information content (AvgIpc) is 2.46. The molecule has 4 fully saturated rings. The van der Waals surface area contributed by atoms with Gasteiger partial charge in [0.05, 0.1) is 6.10 Å². The van der Waals surface area contributed by atoms with E-state index in [1.54, 1.807) is 0 Å². The SMILES string of the molecule is CC(c1ccccc1)C(O)C1C2CC3CC(C2)CC1C3. The average molecular weight is 270 g/mol. The molecule has 1 heteroatoms. The highest BCUT2D eigenvalue weighted by Crippen LogP contribution is 2.58. The van der Waals surface area contributed by atoms with Crippen molar-refractivity contribution in [2.75, 3.05) is 0 Å². The van der Waals surface area contributed by atoms with Crippen LogP contribution >= 0.6 is 0 Å². The maximum atomic E-state index is 11.0. The molecule has 0 aromatic heterocycles. The summed E-state index contributed by atoms with van der Waals surface area (Å²) < 4.78 is 0. The molecule has 108 valence electrons. The van der Waals surface area contributed by atoms with Gasteiger partial charge in [-0.25, -0.2) is 0 Å². The topological polar surface area (TPSA) is 20.2 Å². The highest BCUT2D eigenvalue weighted by atomic mass is 16.3. The third-order valence-electron chi connectivity index (χ3n) is 6.53. The Kier molecular flexibility index (Phi) is 3.14. The summed E-state index contributed by atoms with van der Waals surface area (Å²) in [7, 11) is 0. The van der Waals surface area contributed by atoms with Gasteiger partial charge in [-0.15, -0.1) is 0 Å². The molecule has 1 aromatic rings. The van der Waals surface area contributed by atoms with Gasteiger partial charge >= 0.3 is 0 Å². The van der Waals surface area contributed by atoms with Crippen LogP contribution in [0.3, 0.4) is 0 Å². The lowest BCUT2D eigenvalue weighted by molar-refractivity contribution is -0.0949. The summed E-state index contributed by atoms with van der Waals surface area (Å²) in [5, 5.41) is 11.0. The monoisotopic (exact) mass is 270 g/mol. The smallest absolute Gasteiger partial charge is 0.0639 e. The van der Waals surface area contributed by atoms with Crippen LogP contribution in [0.4, 0.5) is 0 Å². The summed E-state index contributed by atoms with van der Waals surface area (Å²) in [5.41, 5.74) is 1.30. The molecule has 0 saturated heterocycles. The van der Waals surface area contributed by atoms with Crippen LogP contribution in [-0.2, 0) is 0 Å². The molecule has 5 rings (SSSR count). The highest BCUT2D eigenvalue weighted by Gasteiger charge is 2.51. The van der Waals surface area contributed by atoms with Crippen LogP contribution < -0.4 is 0 Å². The normalized spacial score (nSPS) is 41.6. The summed E-state index contributed by atoms with van der Waals surface area (Å²) in [6.07, 6.45) is 6.94. The lowest BCUT2D eigenvalue weighted by Gasteiger charge is -2.56. The van der Waals surface area contributed by atoms with Crippen LogP contribution in [-0.4, -0.2) is 11.2 Å². The minimum atomic E-state index is -0.146. The molecule has 4 saturated carbocycles. The van der Waals surface area contributed by atoms with Crippen molar-refractivity contribution < 1.29 is 5.11 Å². The maximum Gasteiger partial charge on any atom is 0.0639 e. The largest absolute Gasteiger partial charge is 0.392 e. The lowest BCUT2D eigenvalue weighted by Crippen LogP contribution is -2.50. The Bertz CT molecular complexity index is 438. The predicted octanol–water partition coefficient (Wildman–Crippen LogP) is 4.22. The zero-order chi connectivity index (χ0) is 13.7. The second-order valence-electron chi connectivity index (χ2n) is 7.70. The van der Waals surface area contributed by atoms with E-state index < -0.39 is 0 Å². The van der Waals surface area contributed by atoms with Gasteiger partial charge in [-0.05, 0) is 67.3 Å². The first kappa shape index (κ1) is 12.9. The Morgan fingerprint density at radius 2 is 1.45 bits per heavy atom. The van der Waals surface area contributed by atoms with Crippen molar-refractivity contribution in [2.45, 2.75) is 51.0 Å². The molecular formula is C19H26O. The van der Waals surface area contributed by atoms with Crippen LogP contribution in [0.2, 0.25) is 0 Å². The lowest BCUT2D eigenvalue weighted by atomic mass is 9.50. The predicted molar refractivity (Wildman–Crippen MR) is 81.4 cm³/mol. The maximum absolute atomic E-state index is 11.0. The number of hydrogen-bond acceptors (Lipinski definition) is 1. The first-order valence-corrected chi connectivity index (χ1v) is 8.45. The van der Waals surface area contributed by atoms with E-state index >= 15 is 0 Å². The molecule has 0 radical (unpaired) electrons. The first-order valence-electron chi connectivity index (χ1n) is 8.45. The molecular weight excluding hydrogens is 244 g/mol. The number of aliphatic hydroxyl groups is 1. The van der Waals surface area contributed by atoms with E-state index in [1.165, 1.54) is 37.7 Å². The molecule has 0 amide bonds. The minimum Gasteiger partial charge on any atom is -0.392 e. The van der Waals surface area contributed by atoms with Crippen molar-refractivity contribution in [1.29, 1.82) is 0 Å². The van der Waals surface area contributed by atoms with E-state index in [0.717, 1.165) is 23.7 Å². The van der Waals surface area contributed by atoms with Crippen LogP contribution in [0.25, 0.3) is 0 Å². The molecule has 20 heavy (non-hydrogen) atoms. The van der Waals surface area contributed by atoms with Gasteiger partial charge in [-0.1, -0.05) is 37.3 Å². The minimum absolute atomic E-state index is 0.146. The Labute approximate surface area is 122 Å². The third kappa shape index (κ3) is 2.02. The fraction of sp³-hybridized carbons (Fsp3) is 0.684. The number of hydrogen-bond donors (Lipinski definition) is 1. The van der Waals surface area contributed by atoms with Crippen molar-refractivity contribution in [2.24, 2.45) is 29.6 Å². The van der Waals surface area contributed by atoms with E-state index in [4.69, 9.17) is 0 Å². The van der Waals surface area contributed by atoms with E-state index in [9.17, 15) is 5.11 Å². The Hall–Kier alpha value is -0.820. The Balaban J connectivity index is 1.55. The van der Waals surface area contributed by atoms with Crippen LogP contribution in [0, 0.1) is 29.6 Å². The molecule has 4 bridgehead atoms. The molecule has 0 heterocycles. The van der Waals surface area contributed by atoms with Gasteiger partial charge in [0.1, 0.15) is 0 Å². The van der Waals surface area contributed by atoms with E-state index in [0.29, 0.717) is 5.92 Å². The molecule has 0 aliphatic heterocycles. The zero-order valence-electron chi connectivity index (χ0n) is 12.4. The third-order valence-corrected chi connectivity index (χ3v) is 6.53. The molecule has 4 aliphatic rings. The summed E-state index contributed by atoms with van der Waals surface area (Å²) in [4.78, 5) is 0. The molecule has 1 aromatic carbocycles. The summed E-state index contributed by atoms with van der Waals surface area (Å²) in [5.74, 6) is 4.46. The summed E-state index contributed by atoms with van der Waals surface area (Å²) in [6.45, 7) is 2.21. The van der Waals surface area contributed by atoms with Crippen molar-refractivity contribution in [3.63, 3.8) is 0 Å². The van der Waals surface area contributed by atoms with E-state index in [1.807, 2.05) is 0 Å². The fourth-order valence-electron chi connectivity index (χ4n) is 5.81. The second-order valence-corrected chi connectivity index (χ2v) is 7.70. The van der Waals surface area contributed by atoms with Gasteiger partial charge in [0.25, 0.3) is 0 Å². The zero-order valence-corrected chi connectivity index (χ0v) is 12.4. The number of aliphatic hydroxyl groups excluding tert-OH is 1. The van der Waals surface area contributed by atoms with Crippen molar-refractivity contribution >= 4 is 0 Å². The Morgan fingerprint density at radius 1 is 0.900 bits per heavy atom. The number of rotatable bonds is 3. The van der Waals surface area contributed by atoms with Crippen molar-refractivity contribution in [3.05, 3.63) is 35.9 Å². The van der Waals surface area contributed by atoms with E-state index in [-0.39, 0.29) is 12.0 Å². The second kappa shape index (κ2) is 4.87. The molecule has 0 spiro atoms. The van der Waals surface area contributed by atoms with Gasteiger partial charge in [-0.2, -0.15) is 0 Å². The molecule has 1 N–H and O–H groups in total. The van der Waals surface area contributed by atoms with Gasteiger partial charge in [0.15, 0.2) is 0 Å². The van der Waals surface area contributed by atoms with Crippen LogP contribution in [0.1, 0.15) is 50.5 Å². The first-order chi connectivity index (χ1) is 9.72. The molecule has 2 atom stereocenters. The summed E-state index contributed by atoms with van der Waals surface area (Å²) in [6, 6.07) is 10.6. The van der Waals surface area contributed by atoms with Crippen LogP contribution in [0.15, 0.2) is 30.3 Å². The molecule has 2 unspecified atom stereocenters. The standard InChI is InChI=1S/C19H26O/c1-12(15-5-3-2-4-6-15)19(20)18-16-8-13-7-14(10-16)11-17(18)9-13/h2-6,12-14,16-20H,7-11H2,1H3. The highest BCUT2D eigenvalue weighted by molar-refractivity contribution is 5.21. The Morgan fingerprint density at radius 3 is 2.00 bits per heavy atom. The molecule has 4 aliphatic carbocycles. The fourth-order valence-corrected chi connectivity index (χ4v) is 5.81. The number of benzene rings is 1. The molecule has 1 nitrogen and oxygen atoms in total. The van der Waals surface area contributed by atoms with Crippen molar-refractivity contribution in [1.82, 2.24) is 0 Å². The van der Waals surface area contributed by atoms with Crippen LogP contribution in [0.5, 0.6) is 0 Å². The van der Waals surface area contributed by atoms with Gasteiger partial charge in [0.2, 0.25) is 0 Å². The van der Waals surface area contributed by atoms with E-state index in [2.05, 4.69) is 37.3 Å².